The highest BCUT2D eigenvalue weighted by atomic mass is 35.5. The van der Waals surface area contributed by atoms with Gasteiger partial charge in [0.1, 0.15) is 5.65 Å². The van der Waals surface area contributed by atoms with E-state index in [1.807, 2.05) is 18.2 Å². The molecule has 9 heteroatoms. The molecular formula is C22H24ClF3N4O. The third kappa shape index (κ3) is 4.42. The van der Waals surface area contributed by atoms with Crippen molar-refractivity contribution in [3.63, 3.8) is 0 Å². The molecule has 1 N–H and O–H groups in total. The molecule has 2 fully saturated rings. The molecule has 31 heavy (non-hydrogen) atoms. The van der Waals surface area contributed by atoms with Crippen molar-refractivity contribution in [1.29, 1.82) is 0 Å². The van der Waals surface area contributed by atoms with Crippen molar-refractivity contribution >= 4 is 18.1 Å². The zero-order valence-corrected chi connectivity index (χ0v) is 17.7. The van der Waals surface area contributed by atoms with Gasteiger partial charge in [0.25, 0.3) is 0 Å². The molecule has 0 radical (unpaired) electrons. The van der Waals surface area contributed by atoms with Gasteiger partial charge in [-0.15, -0.1) is 12.4 Å². The molecule has 1 spiro atoms. The number of hydrogen-bond acceptors (Lipinski definition) is 4. The van der Waals surface area contributed by atoms with Gasteiger partial charge in [-0.2, -0.15) is 13.2 Å². The summed E-state index contributed by atoms with van der Waals surface area (Å²) in [6.07, 6.45) is 2.17. The van der Waals surface area contributed by atoms with Gasteiger partial charge in [-0.25, -0.2) is 4.98 Å². The number of nitrogens with zero attached hydrogens (tertiary/aromatic N) is 3. The van der Waals surface area contributed by atoms with Crippen LogP contribution >= 0.6 is 12.4 Å². The Morgan fingerprint density at radius 3 is 2.74 bits per heavy atom. The molecule has 3 aromatic heterocycles. The molecule has 1 atom stereocenters. The number of rotatable bonds is 3. The number of fused-ring (bicyclic) bond motifs is 1. The fourth-order valence-electron chi connectivity index (χ4n) is 4.67. The summed E-state index contributed by atoms with van der Waals surface area (Å²) >= 11 is 0. The topological polar surface area (TPSA) is 51.5 Å². The van der Waals surface area contributed by atoms with Gasteiger partial charge >= 0.3 is 6.18 Å². The van der Waals surface area contributed by atoms with E-state index < -0.39 is 11.7 Å². The largest absolute Gasteiger partial charge is 0.417 e. The fraction of sp³-hybridized carbons (Fsp3) is 0.455. The van der Waals surface area contributed by atoms with Crippen LogP contribution in [0.1, 0.15) is 30.5 Å². The van der Waals surface area contributed by atoms with Crippen molar-refractivity contribution in [2.24, 2.45) is 5.92 Å². The molecule has 2 aliphatic rings. The SMILES string of the molecule is Cl.FC(F)(F)c1ccc2ncc(-c3cccc(CC4COC5(CCNCC5)C4)n3)n2c1. The Morgan fingerprint density at radius 1 is 1.16 bits per heavy atom. The van der Waals surface area contributed by atoms with E-state index >= 15 is 0 Å². The minimum absolute atomic E-state index is 0. The van der Waals surface area contributed by atoms with E-state index in [9.17, 15) is 13.2 Å². The van der Waals surface area contributed by atoms with Gasteiger partial charge in [-0.3, -0.25) is 9.38 Å². The summed E-state index contributed by atoms with van der Waals surface area (Å²) < 4.78 is 47.0. The monoisotopic (exact) mass is 452 g/mol. The number of pyridine rings is 2. The number of alkyl halides is 3. The lowest BCUT2D eigenvalue weighted by molar-refractivity contribution is -0.137. The number of imidazole rings is 1. The highest BCUT2D eigenvalue weighted by Gasteiger charge is 2.41. The van der Waals surface area contributed by atoms with Crippen LogP contribution in [-0.4, -0.2) is 39.7 Å². The van der Waals surface area contributed by atoms with Crippen LogP contribution in [-0.2, 0) is 17.3 Å². The minimum Gasteiger partial charge on any atom is -0.375 e. The van der Waals surface area contributed by atoms with Crippen molar-refractivity contribution in [2.45, 2.75) is 37.5 Å². The first-order valence-electron chi connectivity index (χ1n) is 10.3. The van der Waals surface area contributed by atoms with Crippen LogP contribution in [0.3, 0.4) is 0 Å². The average molecular weight is 453 g/mol. The number of halogens is 4. The van der Waals surface area contributed by atoms with E-state index in [2.05, 4.69) is 10.3 Å². The molecule has 166 valence electrons. The van der Waals surface area contributed by atoms with Crippen LogP contribution in [0, 0.1) is 5.92 Å². The first-order chi connectivity index (χ1) is 14.4. The molecule has 2 saturated heterocycles. The Bertz CT molecular complexity index is 1060. The predicted molar refractivity (Wildman–Crippen MR) is 113 cm³/mol. The minimum atomic E-state index is -4.40. The molecule has 0 aromatic carbocycles. The van der Waals surface area contributed by atoms with Crippen molar-refractivity contribution < 1.29 is 17.9 Å². The zero-order chi connectivity index (χ0) is 20.8. The summed E-state index contributed by atoms with van der Waals surface area (Å²) in [7, 11) is 0. The average Bonchev–Trinajstić information content (AvgIpc) is 3.32. The Kier molecular flexibility index (Phi) is 5.98. The molecule has 0 bridgehead atoms. The second kappa shape index (κ2) is 8.41. The molecule has 2 aliphatic heterocycles. The van der Waals surface area contributed by atoms with Crippen LogP contribution in [0.4, 0.5) is 13.2 Å². The third-order valence-corrected chi connectivity index (χ3v) is 6.20. The van der Waals surface area contributed by atoms with Crippen molar-refractivity contribution in [3.8, 4) is 11.4 Å². The van der Waals surface area contributed by atoms with Gasteiger partial charge in [-0.05, 0) is 69.0 Å². The number of piperidine rings is 1. The number of ether oxygens (including phenoxy) is 1. The Balaban J connectivity index is 0.00000231. The van der Waals surface area contributed by atoms with Gasteiger partial charge in [0, 0.05) is 11.9 Å². The molecule has 1 unspecified atom stereocenters. The van der Waals surface area contributed by atoms with E-state index in [1.165, 1.54) is 10.5 Å². The van der Waals surface area contributed by atoms with Crippen LogP contribution < -0.4 is 5.32 Å². The lowest BCUT2D eigenvalue weighted by atomic mass is 9.85. The first kappa shape index (κ1) is 22.0. The smallest absolute Gasteiger partial charge is 0.375 e. The van der Waals surface area contributed by atoms with Crippen molar-refractivity contribution in [1.82, 2.24) is 19.7 Å². The van der Waals surface area contributed by atoms with E-state index in [0.29, 0.717) is 23.0 Å². The van der Waals surface area contributed by atoms with Gasteiger partial charge < -0.3 is 10.1 Å². The summed E-state index contributed by atoms with van der Waals surface area (Å²) in [6, 6.07) is 8.12. The van der Waals surface area contributed by atoms with Gasteiger partial charge in [0.05, 0.1) is 35.4 Å². The zero-order valence-electron chi connectivity index (χ0n) is 16.9. The molecule has 0 aliphatic carbocycles. The summed E-state index contributed by atoms with van der Waals surface area (Å²) in [5.41, 5.74) is 1.85. The van der Waals surface area contributed by atoms with Gasteiger partial charge in [0.2, 0.25) is 0 Å². The Morgan fingerprint density at radius 2 is 1.97 bits per heavy atom. The van der Waals surface area contributed by atoms with E-state index in [0.717, 1.165) is 63.3 Å². The number of nitrogens with one attached hydrogen (secondary N) is 1. The highest BCUT2D eigenvalue weighted by Crippen LogP contribution is 2.38. The van der Waals surface area contributed by atoms with E-state index in [-0.39, 0.29) is 18.0 Å². The summed E-state index contributed by atoms with van der Waals surface area (Å²) in [4.78, 5) is 8.98. The fourth-order valence-corrected chi connectivity index (χ4v) is 4.67. The summed E-state index contributed by atoms with van der Waals surface area (Å²) in [6.45, 7) is 2.72. The summed E-state index contributed by atoms with van der Waals surface area (Å²) in [5.74, 6) is 0.407. The first-order valence-corrected chi connectivity index (χ1v) is 10.3. The summed E-state index contributed by atoms with van der Waals surface area (Å²) in [5, 5.41) is 3.38. The van der Waals surface area contributed by atoms with Crippen LogP contribution in [0.15, 0.2) is 42.7 Å². The second-order valence-corrected chi connectivity index (χ2v) is 8.32. The molecular weight excluding hydrogens is 429 g/mol. The maximum Gasteiger partial charge on any atom is 0.417 e. The van der Waals surface area contributed by atoms with E-state index in [4.69, 9.17) is 9.72 Å². The van der Waals surface area contributed by atoms with Gasteiger partial charge in [0.15, 0.2) is 0 Å². The molecule has 5 nitrogen and oxygen atoms in total. The van der Waals surface area contributed by atoms with Crippen molar-refractivity contribution in [2.75, 3.05) is 19.7 Å². The highest BCUT2D eigenvalue weighted by molar-refractivity contribution is 5.85. The van der Waals surface area contributed by atoms with E-state index in [1.54, 1.807) is 6.20 Å². The van der Waals surface area contributed by atoms with Crippen LogP contribution in [0.5, 0.6) is 0 Å². The Labute approximate surface area is 184 Å². The number of hydrogen-bond donors (Lipinski definition) is 1. The van der Waals surface area contributed by atoms with Crippen LogP contribution in [0.25, 0.3) is 17.0 Å². The van der Waals surface area contributed by atoms with Gasteiger partial charge in [-0.1, -0.05) is 6.07 Å². The third-order valence-electron chi connectivity index (χ3n) is 6.20. The quantitative estimate of drug-likeness (QED) is 0.634. The standard InChI is InChI=1S/C22H23F3N4O.ClH/c23-22(24,25)16-4-5-20-27-12-19(29(20)13-16)18-3-1-2-17(28-18)10-15-11-21(30-14-15)6-8-26-9-7-21;/h1-5,12-13,15,26H,6-11,14H2;1H. The maximum atomic E-state index is 13.1. The molecule has 5 heterocycles. The lowest BCUT2D eigenvalue weighted by Gasteiger charge is -2.33. The molecule has 3 aromatic rings. The second-order valence-electron chi connectivity index (χ2n) is 8.32. The molecule has 0 saturated carbocycles. The predicted octanol–water partition coefficient (Wildman–Crippen LogP) is 4.54. The maximum absolute atomic E-state index is 13.1. The molecule has 0 amide bonds. The normalized spacial score (nSPS) is 20.8. The Hall–Kier alpha value is -2.16. The number of aromatic nitrogens is 3. The lowest BCUT2D eigenvalue weighted by Crippen LogP contribution is -2.41. The molecule has 5 rings (SSSR count). The van der Waals surface area contributed by atoms with Crippen LogP contribution in [0.2, 0.25) is 0 Å². The van der Waals surface area contributed by atoms with Crippen molar-refractivity contribution in [3.05, 3.63) is 54.0 Å².